The van der Waals surface area contributed by atoms with E-state index in [9.17, 15) is 49.0 Å². The Hall–Kier alpha value is -4.66. The van der Waals surface area contributed by atoms with E-state index in [0.717, 1.165) is 42.5 Å². The monoisotopic (exact) mass is 677 g/mol. The summed E-state index contributed by atoms with van der Waals surface area (Å²) in [4.78, 5) is 1.44. The molecule has 4 aromatic rings. The van der Waals surface area contributed by atoms with Gasteiger partial charge < -0.3 is 24.2 Å². The first-order chi connectivity index (χ1) is 22.0. The van der Waals surface area contributed by atoms with E-state index in [1.165, 1.54) is 59.5 Å². The number of aliphatic hydroxyl groups excluding tert-OH is 1. The van der Waals surface area contributed by atoms with Crippen molar-refractivity contribution in [1.29, 1.82) is 0 Å². The molecule has 47 heavy (non-hydrogen) atoms. The maximum Gasteiger partial charge on any atom is 0.573 e. The predicted octanol–water partition coefficient (Wildman–Crippen LogP) is 9.16. The first-order valence-electron chi connectivity index (χ1n) is 13.6. The number of alkyl halides is 10. The van der Waals surface area contributed by atoms with Crippen molar-refractivity contribution in [2.45, 2.75) is 44.3 Å². The third-order valence-electron chi connectivity index (χ3n) is 6.59. The van der Waals surface area contributed by atoms with Crippen molar-refractivity contribution < 1.29 is 63.2 Å². The number of halogens is 10. The van der Waals surface area contributed by atoms with E-state index in [-0.39, 0.29) is 35.7 Å². The topological polar surface area (TPSA) is 51.2 Å². The van der Waals surface area contributed by atoms with Gasteiger partial charge in [0.15, 0.2) is 0 Å². The Kier molecular flexibility index (Phi) is 10.8. The fourth-order valence-electron chi connectivity index (χ4n) is 4.54. The molecule has 0 radical (unpaired) electrons. The summed E-state index contributed by atoms with van der Waals surface area (Å²) in [6.07, 6.45) is -18.5. The molecule has 0 spiro atoms. The number of hydrogen-bond donors (Lipinski definition) is 1. The van der Waals surface area contributed by atoms with E-state index >= 15 is 0 Å². The van der Waals surface area contributed by atoms with E-state index in [2.05, 4.69) is 9.47 Å². The van der Waals surface area contributed by atoms with E-state index in [4.69, 9.17) is 4.74 Å². The smallest absolute Gasteiger partial charge is 0.489 e. The number of ether oxygens (including phenoxy) is 3. The Morgan fingerprint density at radius 3 is 1.89 bits per heavy atom. The highest BCUT2D eigenvalue weighted by Gasteiger charge is 2.44. The molecule has 0 heterocycles. The van der Waals surface area contributed by atoms with Crippen molar-refractivity contribution in [2.24, 2.45) is 0 Å². The maximum atomic E-state index is 13.6. The van der Waals surface area contributed by atoms with Gasteiger partial charge in [0.05, 0.1) is 18.2 Å². The molecule has 15 heteroatoms. The summed E-state index contributed by atoms with van der Waals surface area (Å²) in [6.45, 7) is -1.19. The van der Waals surface area contributed by atoms with Gasteiger partial charge in [-0.1, -0.05) is 42.5 Å². The lowest BCUT2D eigenvalue weighted by molar-refractivity contribution is -0.274. The molecule has 4 rings (SSSR count). The number of aliphatic hydroxyl groups is 1. The van der Waals surface area contributed by atoms with Gasteiger partial charge in [0, 0.05) is 18.3 Å². The highest BCUT2D eigenvalue weighted by atomic mass is 19.4. The minimum absolute atomic E-state index is 0.0340. The second-order valence-corrected chi connectivity index (χ2v) is 10.0. The molecule has 0 amide bonds. The van der Waals surface area contributed by atoms with Crippen LogP contribution in [0.25, 0.3) is 0 Å². The largest absolute Gasteiger partial charge is 0.573 e. The Bertz CT molecular complexity index is 1630. The molecule has 0 fully saturated rings. The summed E-state index contributed by atoms with van der Waals surface area (Å²) >= 11 is 0. The number of nitrogens with zero attached hydrogens (tertiary/aromatic N) is 1. The van der Waals surface area contributed by atoms with Crippen molar-refractivity contribution >= 4 is 5.69 Å². The molecule has 0 aliphatic carbocycles. The fourth-order valence-corrected chi connectivity index (χ4v) is 4.54. The Morgan fingerprint density at radius 1 is 0.660 bits per heavy atom. The molecule has 252 valence electrons. The van der Waals surface area contributed by atoms with Crippen LogP contribution in [0.2, 0.25) is 0 Å². The zero-order valence-corrected chi connectivity index (χ0v) is 23.9. The third kappa shape index (κ3) is 9.91. The minimum Gasteiger partial charge on any atom is -0.489 e. The lowest BCUT2D eigenvalue weighted by Gasteiger charge is -2.34. The van der Waals surface area contributed by atoms with Crippen LogP contribution in [0.4, 0.5) is 49.6 Å². The molecule has 1 atom stereocenters. The van der Waals surface area contributed by atoms with Crippen molar-refractivity contribution in [1.82, 2.24) is 0 Å². The van der Waals surface area contributed by atoms with Crippen LogP contribution in [0.5, 0.6) is 17.2 Å². The first-order valence-corrected chi connectivity index (χ1v) is 13.6. The van der Waals surface area contributed by atoms with Crippen molar-refractivity contribution in [3.8, 4) is 17.2 Å². The van der Waals surface area contributed by atoms with Crippen molar-refractivity contribution in [2.75, 3.05) is 11.5 Å². The molecule has 0 bridgehead atoms. The highest BCUT2D eigenvalue weighted by Crippen LogP contribution is 2.36. The second kappa shape index (κ2) is 14.4. The zero-order valence-electron chi connectivity index (χ0n) is 23.9. The van der Waals surface area contributed by atoms with Crippen LogP contribution >= 0.6 is 0 Å². The highest BCUT2D eigenvalue weighted by molar-refractivity contribution is 5.54. The number of rotatable bonds is 13. The van der Waals surface area contributed by atoms with Gasteiger partial charge in [-0.3, -0.25) is 0 Å². The standard InChI is InChI=1S/C32H25F10NO4/c33-29(34)31(38,39)46-26-11-1-5-20(13-26)17-43(28(18-44)22-7-3-8-23(15-22)30(35,36)37)24-9-4-10-25(16-24)45-19-21-6-2-12-27(14-21)47-32(40,41)42/h1-16,28-29,44H,17-19H2. The fraction of sp³-hybridized carbons (Fsp3) is 0.250. The van der Waals surface area contributed by atoms with Crippen LogP contribution in [0, 0.1) is 0 Å². The SMILES string of the molecule is OCC(c1cccc(C(F)(F)F)c1)N(Cc1cccc(OC(F)(F)C(F)F)c1)c1cccc(OCc2cccc(OC(F)(F)F)c2)c1. The average Bonchev–Trinajstić information content (AvgIpc) is 2.99. The van der Waals surface area contributed by atoms with E-state index < -0.39 is 54.8 Å². The van der Waals surface area contributed by atoms with Gasteiger partial charge in [-0.25, -0.2) is 0 Å². The molecular formula is C32H25F10NO4. The average molecular weight is 678 g/mol. The normalized spacial score (nSPS) is 12.9. The quantitative estimate of drug-likeness (QED) is 0.143. The molecule has 5 nitrogen and oxygen atoms in total. The molecule has 0 saturated heterocycles. The van der Waals surface area contributed by atoms with Gasteiger partial charge in [0.1, 0.15) is 23.9 Å². The zero-order chi connectivity index (χ0) is 34.4. The van der Waals surface area contributed by atoms with Gasteiger partial charge in [0.2, 0.25) is 0 Å². The first kappa shape index (κ1) is 35.2. The summed E-state index contributed by atoms with van der Waals surface area (Å²) in [5.74, 6) is -0.909. The maximum absolute atomic E-state index is 13.6. The van der Waals surface area contributed by atoms with E-state index in [1.54, 1.807) is 0 Å². The summed E-state index contributed by atoms with van der Waals surface area (Å²) in [5.41, 5.74) is -0.189. The number of benzene rings is 4. The molecule has 0 aliphatic rings. The number of hydrogen-bond acceptors (Lipinski definition) is 5. The predicted molar refractivity (Wildman–Crippen MR) is 149 cm³/mol. The van der Waals surface area contributed by atoms with Gasteiger partial charge in [-0.05, 0) is 65.2 Å². The second-order valence-electron chi connectivity index (χ2n) is 10.0. The molecular weight excluding hydrogens is 652 g/mol. The van der Waals surface area contributed by atoms with Gasteiger partial charge in [0.25, 0.3) is 0 Å². The summed E-state index contributed by atoms with van der Waals surface area (Å²) in [6, 6.07) is 18.8. The van der Waals surface area contributed by atoms with Crippen LogP contribution in [0.3, 0.4) is 0 Å². The van der Waals surface area contributed by atoms with Crippen LogP contribution in [-0.2, 0) is 19.3 Å². The lowest BCUT2D eigenvalue weighted by Crippen LogP contribution is -2.33. The molecule has 0 aliphatic heterocycles. The van der Waals surface area contributed by atoms with Crippen LogP contribution in [-0.4, -0.2) is 30.6 Å². The van der Waals surface area contributed by atoms with Gasteiger partial charge in [-0.15, -0.1) is 13.2 Å². The van der Waals surface area contributed by atoms with Crippen molar-refractivity contribution in [3.63, 3.8) is 0 Å². The molecule has 0 aromatic heterocycles. The summed E-state index contributed by atoms with van der Waals surface area (Å²) in [7, 11) is 0. The van der Waals surface area contributed by atoms with Crippen molar-refractivity contribution in [3.05, 3.63) is 119 Å². The van der Waals surface area contributed by atoms with Crippen LogP contribution < -0.4 is 19.1 Å². The summed E-state index contributed by atoms with van der Waals surface area (Å²) in [5, 5.41) is 10.4. The van der Waals surface area contributed by atoms with Crippen LogP contribution in [0.15, 0.2) is 97.1 Å². The van der Waals surface area contributed by atoms with E-state index in [0.29, 0.717) is 5.56 Å². The summed E-state index contributed by atoms with van der Waals surface area (Å²) < 4.78 is 145. The molecule has 0 saturated carbocycles. The molecule has 1 unspecified atom stereocenters. The number of anilines is 1. The third-order valence-corrected chi connectivity index (χ3v) is 6.59. The Morgan fingerprint density at radius 2 is 1.26 bits per heavy atom. The van der Waals surface area contributed by atoms with E-state index in [1.807, 2.05) is 0 Å². The molecule has 1 N–H and O–H groups in total. The Balaban J connectivity index is 1.67. The Labute approximate surface area is 261 Å². The van der Waals surface area contributed by atoms with Gasteiger partial charge >= 0.3 is 25.1 Å². The minimum atomic E-state index is -4.91. The van der Waals surface area contributed by atoms with Crippen LogP contribution in [0.1, 0.15) is 28.3 Å². The van der Waals surface area contributed by atoms with Gasteiger partial charge in [-0.2, -0.15) is 30.7 Å². The lowest BCUT2D eigenvalue weighted by atomic mass is 10.0. The molecule has 4 aromatic carbocycles.